The number of hydrogen-bond acceptors (Lipinski definition) is 6. The van der Waals surface area contributed by atoms with Crippen molar-refractivity contribution in [1.82, 2.24) is 15.0 Å². The molecular formula is C10H10ClN5S. The van der Waals surface area contributed by atoms with Crippen LogP contribution in [0.15, 0.2) is 34.6 Å². The highest BCUT2D eigenvalue weighted by Crippen LogP contribution is 2.31. The molecule has 0 saturated carbocycles. The van der Waals surface area contributed by atoms with E-state index in [1.54, 1.807) is 24.5 Å². The van der Waals surface area contributed by atoms with Crippen LogP contribution < -0.4 is 11.3 Å². The molecule has 0 fully saturated rings. The number of aryl methyl sites for hydroxylation is 1. The number of nitrogens with one attached hydrogen (secondary N) is 1. The highest BCUT2D eigenvalue weighted by molar-refractivity contribution is 7.99. The summed E-state index contributed by atoms with van der Waals surface area (Å²) in [5, 5.41) is 2.07. The minimum atomic E-state index is 0.366. The molecule has 0 atom stereocenters. The molecule has 0 amide bonds. The summed E-state index contributed by atoms with van der Waals surface area (Å²) < 4.78 is 0. The third-order valence-corrected chi connectivity index (χ3v) is 3.51. The van der Waals surface area contributed by atoms with Crippen LogP contribution in [0.2, 0.25) is 5.02 Å². The summed E-state index contributed by atoms with van der Waals surface area (Å²) in [6.45, 7) is 1.92. The summed E-state index contributed by atoms with van der Waals surface area (Å²) in [7, 11) is 0. The fraction of sp³-hybridized carbons (Fsp3) is 0.100. The monoisotopic (exact) mass is 267 g/mol. The molecule has 0 unspecified atom stereocenters. The summed E-state index contributed by atoms with van der Waals surface area (Å²) in [6, 6.07) is 3.57. The van der Waals surface area contributed by atoms with Gasteiger partial charge in [-0.05, 0) is 30.8 Å². The third kappa shape index (κ3) is 2.85. The van der Waals surface area contributed by atoms with Crippen LogP contribution in [0, 0.1) is 6.92 Å². The minimum Gasteiger partial charge on any atom is -0.292 e. The van der Waals surface area contributed by atoms with E-state index in [4.69, 9.17) is 17.4 Å². The van der Waals surface area contributed by atoms with Crippen molar-refractivity contribution in [2.45, 2.75) is 17.0 Å². The van der Waals surface area contributed by atoms with Gasteiger partial charge in [-0.3, -0.25) is 5.43 Å². The first-order valence-corrected chi connectivity index (χ1v) is 5.99. The number of nitrogens with zero attached hydrogens (tertiary/aromatic N) is 3. The predicted octanol–water partition coefficient (Wildman–Crippen LogP) is 2.27. The molecule has 0 spiro atoms. The molecule has 0 aliphatic heterocycles. The zero-order chi connectivity index (χ0) is 12.3. The Morgan fingerprint density at radius 1 is 1.35 bits per heavy atom. The molecule has 88 valence electrons. The smallest absolute Gasteiger partial charge is 0.238 e. The van der Waals surface area contributed by atoms with Crippen LogP contribution in [0.4, 0.5) is 5.95 Å². The molecule has 0 aliphatic carbocycles. The molecule has 5 nitrogen and oxygen atoms in total. The highest BCUT2D eigenvalue weighted by atomic mass is 35.5. The second kappa shape index (κ2) is 5.31. The molecule has 0 aromatic carbocycles. The number of hydrogen-bond donors (Lipinski definition) is 2. The van der Waals surface area contributed by atoms with Gasteiger partial charge in [0, 0.05) is 18.0 Å². The lowest BCUT2D eigenvalue weighted by atomic mass is 10.4. The van der Waals surface area contributed by atoms with Gasteiger partial charge in [0.05, 0.1) is 5.02 Å². The van der Waals surface area contributed by atoms with E-state index >= 15 is 0 Å². The highest BCUT2D eigenvalue weighted by Gasteiger charge is 2.08. The number of halogens is 1. The SMILES string of the molecule is Cc1cnc(NN)nc1Sc1ncccc1Cl. The minimum absolute atomic E-state index is 0.366. The average Bonchev–Trinajstić information content (AvgIpc) is 2.35. The second-order valence-corrected chi connectivity index (χ2v) is 4.60. The molecule has 0 saturated heterocycles. The summed E-state index contributed by atoms with van der Waals surface area (Å²) in [5.41, 5.74) is 3.35. The maximum atomic E-state index is 6.03. The van der Waals surface area contributed by atoms with Crippen molar-refractivity contribution in [2.75, 3.05) is 5.43 Å². The lowest BCUT2D eigenvalue weighted by Crippen LogP contribution is -2.10. The quantitative estimate of drug-likeness (QED) is 0.505. The second-order valence-electron chi connectivity index (χ2n) is 3.22. The molecule has 2 heterocycles. The molecule has 2 aromatic heterocycles. The Bertz CT molecular complexity index is 534. The van der Waals surface area contributed by atoms with Crippen LogP contribution in [0.1, 0.15) is 5.56 Å². The number of hydrazine groups is 1. The molecule has 0 radical (unpaired) electrons. The van der Waals surface area contributed by atoms with E-state index in [1.165, 1.54) is 11.8 Å². The number of pyridine rings is 1. The predicted molar refractivity (Wildman–Crippen MR) is 67.9 cm³/mol. The Morgan fingerprint density at radius 3 is 2.88 bits per heavy atom. The molecule has 3 N–H and O–H groups in total. The van der Waals surface area contributed by atoms with E-state index in [0.717, 1.165) is 10.6 Å². The average molecular weight is 268 g/mol. The van der Waals surface area contributed by atoms with Crippen LogP contribution in [0.5, 0.6) is 0 Å². The van der Waals surface area contributed by atoms with Gasteiger partial charge in [-0.2, -0.15) is 0 Å². The molecular weight excluding hydrogens is 258 g/mol. The topological polar surface area (TPSA) is 76.7 Å². The molecule has 7 heteroatoms. The number of anilines is 1. The van der Waals surface area contributed by atoms with Gasteiger partial charge in [0.25, 0.3) is 0 Å². The lowest BCUT2D eigenvalue weighted by Gasteiger charge is -2.06. The lowest BCUT2D eigenvalue weighted by molar-refractivity contribution is 0.987. The Balaban J connectivity index is 2.32. The van der Waals surface area contributed by atoms with Crippen LogP contribution in [0.25, 0.3) is 0 Å². The Morgan fingerprint density at radius 2 is 2.18 bits per heavy atom. The van der Waals surface area contributed by atoms with E-state index in [9.17, 15) is 0 Å². The molecule has 17 heavy (non-hydrogen) atoms. The largest absolute Gasteiger partial charge is 0.292 e. The van der Waals surface area contributed by atoms with Crippen molar-refractivity contribution in [1.29, 1.82) is 0 Å². The first-order valence-electron chi connectivity index (χ1n) is 4.79. The molecule has 0 aliphatic rings. The van der Waals surface area contributed by atoms with Crippen molar-refractivity contribution >= 4 is 29.3 Å². The first kappa shape index (κ1) is 12.1. The zero-order valence-electron chi connectivity index (χ0n) is 9.01. The maximum Gasteiger partial charge on any atom is 0.238 e. The van der Waals surface area contributed by atoms with Crippen LogP contribution in [-0.4, -0.2) is 15.0 Å². The van der Waals surface area contributed by atoms with Gasteiger partial charge in [0.1, 0.15) is 10.1 Å². The van der Waals surface area contributed by atoms with Crippen LogP contribution in [0.3, 0.4) is 0 Å². The van der Waals surface area contributed by atoms with Gasteiger partial charge in [-0.25, -0.2) is 20.8 Å². The van der Waals surface area contributed by atoms with Gasteiger partial charge in [-0.15, -0.1) is 0 Å². The van der Waals surface area contributed by atoms with E-state index in [2.05, 4.69) is 20.4 Å². The van der Waals surface area contributed by atoms with Crippen molar-refractivity contribution in [3.63, 3.8) is 0 Å². The van der Waals surface area contributed by atoms with Gasteiger partial charge in [0.2, 0.25) is 5.95 Å². The summed E-state index contributed by atoms with van der Waals surface area (Å²) in [5.74, 6) is 5.63. The fourth-order valence-corrected chi connectivity index (χ4v) is 2.18. The normalized spacial score (nSPS) is 10.3. The van der Waals surface area contributed by atoms with E-state index in [0.29, 0.717) is 16.0 Å². The standard InChI is InChI=1S/C10H10ClN5S/c1-6-5-14-10(16-12)15-8(6)17-9-7(11)3-2-4-13-9/h2-5H,12H2,1H3,(H,14,15,16). The van der Waals surface area contributed by atoms with Crippen molar-refractivity contribution in [3.8, 4) is 0 Å². The fourth-order valence-electron chi connectivity index (χ4n) is 1.14. The number of aromatic nitrogens is 3. The summed E-state index contributed by atoms with van der Waals surface area (Å²) in [6.07, 6.45) is 3.38. The molecule has 0 bridgehead atoms. The Labute approximate surface area is 108 Å². The van der Waals surface area contributed by atoms with Crippen molar-refractivity contribution in [2.24, 2.45) is 5.84 Å². The van der Waals surface area contributed by atoms with Crippen molar-refractivity contribution < 1.29 is 0 Å². The number of rotatable bonds is 3. The van der Waals surface area contributed by atoms with Gasteiger partial charge >= 0.3 is 0 Å². The zero-order valence-corrected chi connectivity index (χ0v) is 10.6. The van der Waals surface area contributed by atoms with Crippen LogP contribution >= 0.6 is 23.4 Å². The molecule has 2 aromatic rings. The third-order valence-electron chi connectivity index (χ3n) is 1.97. The van der Waals surface area contributed by atoms with Gasteiger partial charge in [-0.1, -0.05) is 11.6 Å². The van der Waals surface area contributed by atoms with E-state index in [-0.39, 0.29) is 0 Å². The van der Waals surface area contributed by atoms with E-state index in [1.807, 2.05) is 6.92 Å². The Kier molecular flexibility index (Phi) is 3.78. The van der Waals surface area contributed by atoms with Crippen LogP contribution in [-0.2, 0) is 0 Å². The Hall–Kier alpha value is -1.37. The maximum absolute atomic E-state index is 6.03. The summed E-state index contributed by atoms with van der Waals surface area (Å²) >= 11 is 7.41. The van der Waals surface area contributed by atoms with Gasteiger partial charge < -0.3 is 0 Å². The van der Waals surface area contributed by atoms with E-state index < -0.39 is 0 Å². The first-order chi connectivity index (χ1) is 8.20. The van der Waals surface area contributed by atoms with Gasteiger partial charge in [0.15, 0.2) is 0 Å². The summed E-state index contributed by atoms with van der Waals surface area (Å²) in [4.78, 5) is 12.4. The number of nitrogen functional groups attached to an aromatic ring is 1. The molecule has 2 rings (SSSR count). The number of nitrogens with two attached hydrogens (primary N) is 1. The van der Waals surface area contributed by atoms with Crippen molar-refractivity contribution in [3.05, 3.63) is 35.1 Å².